The van der Waals surface area contributed by atoms with Gasteiger partial charge in [-0.15, -0.1) is 0 Å². The summed E-state index contributed by atoms with van der Waals surface area (Å²) in [6.45, 7) is 8.49. The van der Waals surface area contributed by atoms with E-state index in [9.17, 15) is 18.0 Å². The number of anilines is 2. The predicted octanol–water partition coefficient (Wildman–Crippen LogP) is 4.48. The first-order valence-corrected chi connectivity index (χ1v) is 8.59. The lowest BCUT2D eigenvalue weighted by molar-refractivity contribution is 0.0168. The molecule has 0 radical (unpaired) electrons. The van der Waals surface area contributed by atoms with E-state index >= 15 is 0 Å². The van der Waals surface area contributed by atoms with E-state index < -0.39 is 29.0 Å². The molecule has 2 aromatic carbocycles. The SMILES string of the molecule is C=Cc1cc(C(=O)NOCCO)c(Nc2ccc(C)cc2F)c(F)c1F.CC. The zero-order valence-corrected chi connectivity index (χ0v) is 15.9. The minimum absolute atomic E-state index is 0.134. The van der Waals surface area contributed by atoms with Crippen molar-refractivity contribution in [3.05, 3.63) is 65.0 Å². The Morgan fingerprint density at radius 1 is 1.21 bits per heavy atom. The summed E-state index contributed by atoms with van der Waals surface area (Å²) in [5.74, 6) is -4.20. The minimum atomic E-state index is -1.37. The topological polar surface area (TPSA) is 70.6 Å². The third kappa shape index (κ3) is 5.58. The molecule has 1 amide bonds. The third-order valence-corrected chi connectivity index (χ3v) is 3.44. The number of amides is 1. The Kier molecular flexibility index (Phi) is 9.20. The molecule has 0 atom stereocenters. The molecule has 0 aromatic heterocycles. The number of carbonyl (C=O) groups excluding carboxylic acids is 1. The van der Waals surface area contributed by atoms with Crippen LogP contribution in [0.15, 0.2) is 30.8 Å². The first-order valence-electron chi connectivity index (χ1n) is 8.59. The highest BCUT2D eigenvalue weighted by Gasteiger charge is 2.23. The lowest BCUT2D eigenvalue weighted by atomic mass is 10.1. The normalized spacial score (nSPS) is 9.96. The Hall–Kier alpha value is -2.84. The van der Waals surface area contributed by atoms with Crippen LogP contribution in [0.3, 0.4) is 0 Å². The van der Waals surface area contributed by atoms with Crippen LogP contribution in [0, 0.1) is 24.4 Å². The Morgan fingerprint density at radius 2 is 1.89 bits per heavy atom. The number of carbonyl (C=O) groups is 1. The number of hydroxylamine groups is 1. The summed E-state index contributed by atoms with van der Waals surface area (Å²) in [6.07, 6.45) is 1.04. The van der Waals surface area contributed by atoms with Gasteiger partial charge < -0.3 is 10.4 Å². The zero-order valence-electron chi connectivity index (χ0n) is 15.9. The van der Waals surface area contributed by atoms with Crippen LogP contribution < -0.4 is 10.8 Å². The van der Waals surface area contributed by atoms with Crippen molar-refractivity contribution in [2.24, 2.45) is 0 Å². The van der Waals surface area contributed by atoms with Crippen molar-refractivity contribution in [3.63, 3.8) is 0 Å². The highest BCUT2D eigenvalue weighted by Crippen LogP contribution is 2.30. The molecule has 2 aromatic rings. The fourth-order valence-corrected chi connectivity index (χ4v) is 2.17. The van der Waals surface area contributed by atoms with Gasteiger partial charge in [0.15, 0.2) is 11.6 Å². The summed E-state index contributed by atoms with van der Waals surface area (Å²) in [4.78, 5) is 16.9. The van der Waals surface area contributed by atoms with E-state index in [1.54, 1.807) is 13.0 Å². The molecule has 0 spiro atoms. The smallest absolute Gasteiger partial charge is 0.277 e. The van der Waals surface area contributed by atoms with E-state index in [2.05, 4.69) is 11.9 Å². The summed E-state index contributed by atoms with van der Waals surface area (Å²) in [6, 6.07) is 5.17. The second-order valence-corrected chi connectivity index (χ2v) is 5.33. The van der Waals surface area contributed by atoms with E-state index in [0.717, 1.165) is 12.1 Å². The molecule has 0 saturated heterocycles. The van der Waals surface area contributed by atoms with Crippen molar-refractivity contribution in [3.8, 4) is 0 Å². The average Bonchev–Trinajstić information content (AvgIpc) is 2.69. The summed E-state index contributed by atoms with van der Waals surface area (Å²) < 4.78 is 42.6. The van der Waals surface area contributed by atoms with Gasteiger partial charge in [0.1, 0.15) is 5.82 Å². The lowest BCUT2D eigenvalue weighted by Crippen LogP contribution is -2.26. The van der Waals surface area contributed by atoms with E-state index in [0.29, 0.717) is 5.56 Å². The molecule has 0 unspecified atom stereocenters. The monoisotopic (exact) mass is 396 g/mol. The molecule has 2 rings (SSSR count). The molecular formula is C20H23F3N2O3. The maximum absolute atomic E-state index is 14.5. The van der Waals surface area contributed by atoms with Gasteiger partial charge >= 0.3 is 0 Å². The largest absolute Gasteiger partial charge is 0.394 e. The van der Waals surface area contributed by atoms with Crippen molar-refractivity contribution in [2.75, 3.05) is 18.5 Å². The number of hydrogen-bond acceptors (Lipinski definition) is 4. The number of aliphatic hydroxyl groups is 1. The average molecular weight is 396 g/mol. The van der Waals surface area contributed by atoms with Crippen LogP contribution in [0.2, 0.25) is 0 Å². The van der Waals surface area contributed by atoms with Crippen LogP contribution in [0.4, 0.5) is 24.5 Å². The molecule has 0 bridgehead atoms. The second kappa shape index (κ2) is 11.1. The summed E-state index contributed by atoms with van der Waals surface area (Å²) >= 11 is 0. The molecule has 0 aliphatic carbocycles. The Labute approximate surface area is 161 Å². The number of nitrogens with one attached hydrogen (secondary N) is 2. The Balaban J connectivity index is 0.00000190. The van der Waals surface area contributed by atoms with Crippen LogP contribution in [-0.4, -0.2) is 24.2 Å². The standard InChI is InChI=1S/C18H17F3N2O3.C2H6/c1-3-11-9-12(18(25)23-26-7-6-24)17(16(21)15(11)20)22-14-5-4-10(2)8-13(14)19;1-2/h3-5,8-9,22,24H,1,6-7H2,2H3,(H,23,25);1-2H3. The Morgan fingerprint density at radius 3 is 2.46 bits per heavy atom. The van der Waals surface area contributed by atoms with E-state index in [4.69, 9.17) is 9.94 Å². The van der Waals surface area contributed by atoms with Crippen molar-refractivity contribution < 1.29 is 27.9 Å². The number of aliphatic hydroxyl groups excluding tert-OH is 1. The molecule has 28 heavy (non-hydrogen) atoms. The van der Waals surface area contributed by atoms with E-state index in [1.807, 2.05) is 19.3 Å². The third-order valence-electron chi connectivity index (χ3n) is 3.44. The fourth-order valence-electron chi connectivity index (χ4n) is 2.17. The Bertz CT molecular complexity index is 842. The van der Waals surface area contributed by atoms with Gasteiger partial charge in [0.25, 0.3) is 5.91 Å². The molecule has 0 aliphatic rings. The number of benzene rings is 2. The van der Waals surface area contributed by atoms with Gasteiger partial charge in [0, 0.05) is 5.56 Å². The van der Waals surface area contributed by atoms with Crippen LogP contribution >= 0.6 is 0 Å². The fraction of sp³-hybridized carbons (Fsp3) is 0.250. The van der Waals surface area contributed by atoms with Gasteiger partial charge in [-0.2, -0.15) is 0 Å². The second-order valence-electron chi connectivity index (χ2n) is 5.33. The van der Waals surface area contributed by atoms with Crippen LogP contribution in [0.1, 0.15) is 35.3 Å². The predicted molar refractivity (Wildman–Crippen MR) is 103 cm³/mol. The summed E-state index contributed by atoms with van der Waals surface area (Å²) in [7, 11) is 0. The quantitative estimate of drug-likeness (QED) is 0.477. The van der Waals surface area contributed by atoms with Gasteiger partial charge in [-0.05, 0) is 30.7 Å². The number of hydrogen-bond donors (Lipinski definition) is 3. The van der Waals surface area contributed by atoms with Gasteiger partial charge in [-0.1, -0.05) is 32.6 Å². The van der Waals surface area contributed by atoms with Crippen LogP contribution in [0.5, 0.6) is 0 Å². The number of rotatable bonds is 7. The van der Waals surface area contributed by atoms with Crippen molar-refractivity contribution in [1.29, 1.82) is 0 Å². The molecule has 5 nitrogen and oxygen atoms in total. The number of halogens is 3. The van der Waals surface area contributed by atoms with Crippen molar-refractivity contribution in [1.82, 2.24) is 5.48 Å². The highest BCUT2D eigenvalue weighted by molar-refractivity contribution is 6.00. The number of aryl methyl sites for hydroxylation is 1. The van der Waals surface area contributed by atoms with Crippen LogP contribution in [0.25, 0.3) is 6.08 Å². The molecule has 8 heteroatoms. The lowest BCUT2D eigenvalue weighted by Gasteiger charge is -2.16. The molecule has 0 aliphatic heterocycles. The van der Waals surface area contributed by atoms with Crippen molar-refractivity contribution in [2.45, 2.75) is 20.8 Å². The maximum Gasteiger partial charge on any atom is 0.277 e. The molecule has 0 saturated carbocycles. The van der Waals surface area contributed by atoms with E-state index in [1.165, 1.54) is 12.1 Å². The van der Waals surface area contributed by atoms with Gasteiger partial charge in [-0.3, -0.25) is 9.63 Å². The first kappa shape index (κ1) is 23.2. The minimum Gasteiger partial charge on any atom is -0.394 e. The maximum atomic E-state index is 14.5. The van der Waals surface area contributed by atoms with Gasteiger partial charge in [0.05, 0.1) is 30.2 Å². The summed E-state index contributed by atoms with van der Waals surface area (Å²) in [5, 5.41) is 11.1. The summed E-state index contributed by atoms with van der Waals surface area (Å²) in [5.41, 5.74) is 1.37. The van der Waals surface area contributed by atoms with E-state index in [-0.39, 0.29) is 30.0 Å². The van der Waals surface area contributed by atoms with Gasteiger partial charge in [0.2, 0.25) is 0 Å². The zero-order chi connectivity index (χ0) is 21.3. The van der Waals surface area contributed by atoms with Crippen LogP contribution in [-0.2, 0) is 4.84 Å². The molecule has 0 heterocycles. The highest BCUT2D eigenvalue weighted by atomic mass is 19.2. The molecule has 0 fully saturated rings. The van der Waals surface area contributed by atoms with Gasteiger partial charge in [-0.25, -0.2) is 18.7 Å². The molecule has 3 N–H and O–H groups in total. The van der Waals surface area contributed by atoms with Crippen molar-refractivity contribution >= 4 is 23.4 Å². The first-order chi connectivity index (χ1) is 13.4. The molecule has 152 valence electrons. The molecular weight excluding hydrogens is 373 g/mol.